The lowest BCUT2D eigenvalue weighted by molar-refractivity contribution is 0.451. The normalized spacial score (nSPS) is 9.58. The van der Waals surface area contributed by atoms with Gasteiger partial charge >= 0.3 is 0 Å². The molecule has 0 amide bonds. The molecule has 0 aliphatic heterocycles. The molecule has 102 valence electrons. The van der Waals surface area contributed by atoms with Crippen molar-refractivity contribution >= 4 is 0 Å². The Bertz CT molecular complexity index is 487. The van der Waals surface area contributed by atoms with E-state index in [9.17, 15) is 10.2 Å². The van der Waals surface area contributed by atoms with Gasteiger partial charge in [0.25, 0.3) is 0 Å². The van der Waals surface area contributed by atoms with Gasteiger partial charge in [-0.05, 0) is 35.9 Å². The molecule has 3 N–H and O–H groups in total. The molecule has 1 aromatic heterocycles. The van der Waals surface area contributed by atoms with Gasteiger partial charge < -0.3 is 15.5 Å². The van der Waals surface area contributed by atoms with Gasteiger partial charge in [-0.1, -0.05) is 13.8 Å². The molecule has 0 bridgehead atoms. The molecular weight excluding hydrogens is 240 g/mol. The van der Waals surface area contributed by atoms with Gasteiger partial charge in [0.05, 0.1) is 0 Å². The number of benzene rings is 1. The fourth-order valence-corrected chi connectivity index (χ4v) is 1.56. The van der Waals surface area contributed by atoms with Gasteiger partial charge in [0, 0.05) is 31.0 Å². The van der Waals surface area contributed by atoms with Gasteiger partial charge in [-0.15, -0.1) is 0 Å². The van der Waals surface area contributed by atoms with Crippen LogP contribution >= 0.6 is 0 Å². The van der Waals surface area contributed by atoms with Gasteiger partial charge in [0.1, 0.15) is 11.5 Å². The van der Waals surface area contributed by atoms with Crippen LogP contribution in [0.4, 0.5) is 0 Å². The second kappa shape index (κ2) is 8.11. The van der Waals surface area contributed by atoms with E-state index >= 15 is 0 Å². The summed E-state index contributed by atoms with van der Waals surface area (Å²) in [5, 5.41) is 22.1. The Kier molecular flexibility index (Phi) is 6.39. The zero-order valence-corrected chi connectivity index (χ0v) is 11.3. The van der Waals surface area contributed by atoms with E-state index < -0.39 is 0 Å². The first-order chi connectivity index (χ1) is 9.25. The Hall–Kier alpha value is -2.07. The lowest BCUT2D eigenvalue weighted by Gasteiger charge is -2.07. The average molecular weight is 260 g/mol. The second-order valence-corrected chi connectivity index (χ2v) is 3.77. The molecule has 0 saturated heterocycles. The van der Waals surface area contributed by atoms with E-state index in [0.717, 1.165) is 5.56 Å². The fourth-order valence-electron chi connectivity index (χ4n) is 1.56. The van der Waals surface area contributed by atoms with E-state index in [4.69, 9.17) is 0 Å². The third-order valence-electron chi connectivity index (χ3n) is 2.46. The van der Waals surface area contributed by atoms with Crippen molar-refractivity contribution < 1.29 is 10.2 Å². The van der Waals surface area contributed by atoms with Crippen molar-refractivity contribution in [2.75, 3.05) is 0 Å². The third kappa shape index (κ3) is 4.97. The molecule has 0 atom stereocenters. The van der Waals surface area contributed by atoms with Crippen molar-refractivity contribution in [1.82, 2.24) is 10.3 Å². The van der Waals surface area contributed by atoms with Crippen molar-refractivity contribution in [1.29, 1.82) is 0 Å². The van der Waals surface area contributed by atoms with Crippen LogP contribution < -0.4 is 5.32 Å². The standard InChI is InChI=1S/C13H14N2O2.C2H6/c16-12-1-2-13(17)11(7-12)9-15-8-10-3-5-14-6-4-10;1-2/h1-7,15-17H,8-9H2;1-2H3. The summed E-state index contributed by atoms with van der Waals surface area (Å²) < 4.78 is 0. The van der Waals surface area contributed by atoms with Crippen molar-refractivity contribution in [2.45, 2.75) is 26.9 Å². The molecule has 0 saturated carbocycles. The highest BCUT2D eigenvalue weighted by Crippen LogP contribution is 2.21. The van der Waals surface area contributed by atoms with E-state index in [-0.39, 0.29) is 11.5 Å². The molecule has 2 rings (SSSR count). The number of rotatable bonds is 4. The minimum atomic E-state index is 0.156. The second-order valence-electron chi connectivity index (χ2n) is 3.77. The molecule has 0 fully saturated rings. The molecule has 4 nitrogen and oxygen atoms in total. The molecule has 1 aromatic carbocycles. The van der Waals surface area contributed by atoms with E-state index in [1.54, 1.807) is 18.5 Å². The summed E-state index contributed by atoms with van der Waals surface area (Å²) in [4.78, 5) is 3.94. The molecule has 0 aliphatic carbocycles. The van der Waals surface area contributed by atoms with Gasteiger partial charge in [0.2, 0.25) is 0 Å². The Morgan fingerprint density at radius 2 is 1.68 bits per heavy atom. The smallest absolute Gasteiger partial charge is 0.120 e. The number of phenols is 2. The molecule has 0 spiro atoms. The molecule has 0 aliphatic rings. The summed E-state index contributed by atoms with van der Waals surface area (Å²) in [6, 6.07) is 8.35. The number of nitrogens with zero attached hydrogens (tertiary/aromatic N) is 1. The number of aromatic nitrogens is 1. The van der Waals surface area contributed by atoms with Crippen molar-refractivity contribution in [3.8, 4) is 11.5 Å². The van der Waals surface area contributed by atoms with Crippen LogP contribution in [0.5, 0.6) is 11.5 Å². The topological polar surface area (TPSA) is 65.4 Å². The Labute approximate surface area is 113 Å². The van der Waals surface area contributed by atoms with Crippen LogP contribution in [0.25, 0.3) is 0 Å². The third-order valence-corrected chi connectivity index (χ3v) is 2.46. The lowest BCUT2D eigenvalue weighted by atomic mass is 10.2. The molecule has 0 radical (unpaired) electrons. The van der Waals surface area contributed by atoms with Gasteiger partial charge in [-0.3, -0.25) is 4.98 Å². The zero-order chi connectivity index (χ0) is 14.1. The molecule has 0 unspecified atom stereocenters. The predicted molar refractivity (Wildman–Crippen MR) is 75.9 cm³/mol. The maximum atomic E-state index is 9.57. The highest BCUT2D eigenvalue weighted by atomic mass is 16.3. The van der Waals surface area contributed by atoms with E-state index in [2.05, 4.69) is 10.3 Å². The Morgan fingerprint density at radius 3 is 2.37 bits per heavy atom. The zero-order valence-electron chi connectivity index (χ0n) is 11.3. The maximum Gasteiger partial charge on any atom is 0.120 e. The summed E-state index contributed by atoms with van der Waals surface area (Å²) in [7, 11) is 0. The predicted octanol–water partition coefficient (Wildman–Crippen LogP) is 2.81. The quantitative estimate of drug-likeness (QED) is 0.740. The first-order valence-electron chi connectivity index (χ1n) is 6.36. The molecule has 19 heavy (non-hydrogen) atoms. The number of pyridine rings is 1. The first kappa shape index (κ1) is 15.0. The van der Waals surface area contributed by atoms with Crippen LogP contribution in [0.3, 0.4) is 0 Å². The number of hydrogen-bond acceptors (Lipinski definition) is 4. The first-order valence-corrected chi connectivity index (χ1v) is 6.36. The molecule has 1 heterocycles. The highest BCUT2D eigenvalue weighted by molar-refractivity contribution is 5.38. The molecule has 2 aromatic rings. The SMILES string of the molecule is CC.Oc1ccc(O)c(CNCc2ccncc2)c1. The van der Waals surface area contributed by atoms with Crippen LogP contribution in [-0.4, -0.2) is 15.2 Å². The van der Waals surface area contributed by atoms with Crippen molar-refractivity contribution in [3.05, 3.63) is 53.9 Å². The Balaban J connectivity index is 0.000000861. The maximum absolute atomic E-state index is 9.57. The van der Waals surface area contributed by atoms with Gasteiger partial charge in [0.15, 0.2) is 0 Å². The summed E-state index contributed by atoms with van der Waals surface area (Å²) in [6.45, 7) is 5.19. The minimum Gasteiger partial charge on any atom is -0.508 e. The van der Waals surface area contributed by atoms with Crippen molar-refractivity contribution in [3.63, 3.8) is 0 Å². The summed E-state index contributed by atoms with van der Waals surface area (Å²) in [5.41, 5.74) is 1.80. The highest BCUT2D eigenvalue weighted by Gasteiger charge is 2.01. The number of hydrogen-bond donors (Lipinski definition) is 3. The van der Waals surface area contributed by atoms with E-state index in [1.165, 1.54) is 12.1 Å². The summed E-state index contributed by atoms with van der Waals surface area (Å²) in [6.07, 6.45) is 3.48. The van der Waals surface area contributed by atoms with E-state index in [0.29, 0.717) is 18.7 Å². The fraction of sp³-hybridized carbons (Fsp3) is 0.267. The monoisotopic (exact) mass is 260 g/mol. The van der Waals surface area contributed by atoms with Crippen LogP contribution in [-0.2, 0) is 13.1 Å². The average Bonchev–Trinajstić information content (AvgIpc) is 2.46. The molecular formula is C15H20N2O2. The van der Waals surface area contributed by atoms with Gasteiger partial charge in [-0.2, -0.15) is 0 Å². The van der Waals surface area contributed by atoms with Crippen LogP contribution in [0, 0.1) is 0 Å². The van der Waals surface area contributed by atoms with Crippen LogP contribution in [0.2, 0.25) is 0 Å². The lowest BCUT2D eigenvalue weighted by Crippen LogP contribution is -2.12. The summed E-state index contributed by atoms with van der Waals surface area (Å²) in [5.74, 6) is 0.341. The largest absolute Gasteiger partial charge is 0.508 e. The molecule has 4 heteroatoms. The number of nitrogens with one attached hydrogen (secondary N) is 1. The van der Waals surface area contributed by atoms with Gasteiger partial charge in [-0.25, -0.2) is 0 Å². The summed E-state index contributed by atoms with van der Waals surface area (Å²) >= 11 is 0. The van der Waals surface area contributed by atoms with Crippen LogP contribution in [0.1, 0.15) is 25.0 Å². The minimum absolute atomic E-state index is 0.156. The number of aromatic hydroxyl groups is 2. The van der Waals surface area contributed by atoms with Crippen molar-refractivity contribution in [2.24, 2.45) is 0 Å². The van der Waals surface area contributed by atoms with Crippen LogP contribution in [0.15, 0.2) is 42.7 Å². The van der Waals surface area contributed by atoms with E-state index in [1.807, 2.05) is 26.0 Å². The Morgan fingerprint density at radius 1 is 1.00 bits per heavy atom. The number of phenolic OH excluding ortho intramolecular Hbond substituents is 2.